The van der Waals surface area contributed by atoms with E-state index in [-0.39, 0.29) is 5.75 Å². The smallest absolute Gasteiger partial charge is 0.211 e. The average Bonchev–Trinajstić information content (AvgIpc) is 2.59. The van der Waals surface area contributed by atoms with Gasteiger partial charge in [-0.1, -0.05) is 13.3 Å². The van der Waals surface area contributed by atoms with Crippen molar-refractivity contribution in [1.82, 2.24) is 19.9 Å². The van der Waals surface area contributed by atoms with Gasteiger partial charge in [-0.05, 0) is 30.7 Å². The van der Waals surface area contributed by atoms with Crippen molar-refractivity contribution in [2.75, 3.05) is 29.5 Å². The van der Waals surface area contributed by atoms with Crippen LogP contribution in [-0.4, -0.2) is 42.4 Å². The zero-order chi connectivity index (χ0) is 17.3. The maximum absolute atomic E-state index is 11.6. The summed E-state index contributed by atoms with van der Waals surface area (Å²) in [6, 6.07) is 7.27. The van der Waals surface area contributed by atoms with Gasteiger partial charge in [-0.2, -0.15) is 0 Å². The molecule has 0 aromatic carbocycles. The number of aromatic nitrogens is 3. The van der Waals surface area contributed by atoms with E-state index in [1.165, 1.54) is 0 Å². The van der Waals surface area contributed by atoms with Crippen LogP contribution in [0.15, 0.2) is 36.7 Å². The SMILES string of the molecule is CCCCS(=O)(=O)NCCNc1ccc(Nc2cccnc2)nn1. The molecule has 0 atom stereocenters. The molecule has 0 aliphatic carbocycles. The molecule has 24 heavy (non-hydrogen) atoms. The van der Waals surface area contributed by atoms with Crippen LogP contribution in [0.4, 0.5) is 17.3 Å². The van der Waals surface area contributed by atoms with Crippen molar-refractivity contribution in [3.63, 3.8) is 0 Å². The summed E-state index contributed by atoms with van der Waals surface area (Å²) in [4.78, 5) is 4.01. The lowest BCUT2D eigenvalue weighted by Gasteiger charge is -2.08. The van der Waals surface area contributed by atoms with Crippen LogP contribution < -0.4 is 15.4 Å². The number of anilines is 3. The first-order valence-electron chi connectivity index (χ1n) is 7.81. The largest absolute Gasteiger partial charge is 0.367 e. The molecule has 2 aromatic heterocycles. The topological polar surface area (TPSA) is 109 Å². The molecular formula is C15H22N6O2S. The third-order valence-electron chi connectivity index (χ3n) is 3.12. The summed E-state index contributed by atoms with van der Waals surface area (Å²) in [5, 5.41) is 14.2. The van der Waals surface area contributed by atoms with Crippen molar-refractivity contribution in [2.24, 2.45) is 0 Å². The molecule has 0 fully saturated rings. The number of sulfonamides is 1. The van der Waals surface area contributed by atoms with E-state index in [2.05, 4.69) is 30.5 Å². The molecule has 0 aliphatic rings. The number of rotatable bonds is 10. The predicted molar refractivity (Wildman–Crippen MR) is 94.7 cm³/mol. The molecular weight excluding hydrogens is 328 g/mol. The fraction of sp³-hybridized carbons (Fsp3) is 0.400. The van der Waals surface area contributed by atoms with E-state index in [1.807, 2.05) is 19.1 Å². The van der Waals surface area contributed by atoms with Gasteiger partial charge in [-0.3, -0.25) is 4.98 Å². The van der Waals surface area contributed by atoms with Gasteiger partial charge in [0.05, 0.1) is 17.6 Å². The van der Waals surface area contributed by atoms with Crippen molar-refractivity contribution in [3.05, 3.63) is 36.7 Å². The molecule has 8 nitrogen and oxygen atoms in total. The van der Waals surface area contributed by atoms with Crippen LogP contribution in [0.1, 0.15) is 19.8 Å². The Labute approximate surface area is 142 Å². The van der Waals surface area contributed by atoms with Crippen LogP contribution in [0.2, 0.25) is 0 Å². The Morgan fingerprint density at radius 1 is 1.08 bits per heavy atom. The molecule has 2 heterocycles. The number of pyridine rings is 1. The van der Waals surface area contributed by atoms with E-state index in [0.29, 0.717) is 31.1 Å². The highest BCUT2D eigenvalue weighted by atomic mass is 32.2. The second-order valence-corrected chi connectivity index (χ2v) is 7.09. The van der Waals surface area contributed by atoms with Gasteiger partial charge >= 0.3 is 0 Å². The minimum Gasteiger partial charge on any atom is -0.367 e. The van der Waals surface area contributed by atoms with Gasteiger partial charge in [0.15, 0.2) is 5.82 Å². The highest BCUT2D eigenvalue weighted by Gasteiger charge is 2.07. The van der Waals surface area contributed by atoms with Crippen molar-refractivity contribution >= 4 is 27.3 Å². The van der Waals surface area contributed by atoms with Crippen LogP contribution in [0.3, 0.4) is 0 Å². The number of hydrogen-bond acceptors (Lipinski definition) is 7. The molecule has 2 aromatic rings. The molecule has 0 saturated heterocycles. The Balaban J connectivity index is 1.74. The molecule has 2 rings (SSSR count). The molecule has 0 spiro atoms. The van der Waals surface area contributed by atoms with Crippen LogP contribution in [0, 0.1) is 0 Å². The monoisotopic (exact) mass is 350 g/mol. The Morgan fingerprint density at radius 3 is 2.54 bits per heavy atom. The van der Waals surface area contributed by atoms with Crippen molar-refractivity contribution < 1.29 is 8.42 Å². The number of nitrogens with one attached hydrogen (secondary N) is 3. The fourth-order valence-electron chi connectivity index (χ4n) is 1.88. The average molecular weight is 350 g/mol. The molecule has 0 unspecified atom stereocenters. The minimum absolute atomic E-state index is 0.165. The maximum Gasteiger partial charge on any atom is 0.211 e. The van der Waals surface area contributed by atoms with Gasteiger partial charge in [-0.25, -0.2) is 13.1 Å². The Kier molecular flexibility index (Phi) is 6.89. The Morgan fingerprint density at radius 2 is 1.88 bits per heavy atom. The molecule has 0 aliphatic heterocycles. The normalized spacial score (nSPS) is 11.2. The number of nitrogens with zero attached hydrogens (tertiary/aromatic N) is 3. The fourth-order valence-corrected chi connectivity index (χ4v) is 3.11. The number of hydrogen-bond donors (Lipinski definition) is 3. The molecule has 0 saturated carbocycles. The Bertz CT molecular complexity index is 707. The zero-order valence-electron chi connectivity index (χ0n) is 13.6. The standard InChI is InChI=1S/C15H22N6O2S/c1-2-3-11-24(22,23)18-10-9-17-14-6-7-15(21-20-14)19-13-5-4-8-16-12-13/h4-8,12,18H,2-3,9-11H2,1H3,(H,17,20)(H,19,21). The minimum atomic E-state index is -3.18. The van der Waals surface area contributed by atoms with Gasteiger partial charge in [0.2, 0.25) is 10.0 Å². The molecule has 9 heteroatoms. The zero-order valence-corrected chi connectivity index (χ0v) is 14.4. The van der Waals surface area contributed by atoms with E-state index >= 15 is 0 Å². The van der Waals surface area contributed by atoms with Crippen LogP contribution in [0.5, 0.6) is 0 Å². The van der Waals surface area contributed by atoms with Crippen molar-refractivity contribution in [3.8, 4) is 0 Å². The first-order chi connectivity index (χ1) is 11.6. The van der Waals surface area contributed by atoms with E-state index < -0.39 is 10.0 Å². The van der Waals surface area contributed by atoms with Crippen LogP contribution >= 0.6 is 0 Å². The van der Waals surface area contributed by atoms with Gasteiger partial charge in [-0.15, -0.1) is 10.2 Å². The summed E-state index contributed by atoms with van der Waals surface area (Å²) in [7, 11) is -3.18. The molecule has 3 N–H and O–H groups in total. The quantitative estimate of drug-likeness (QED) is 0.560. The van der Waals surface area contributed by atoms with E-state index in [1.54, 1.807) is 24.5 Å². The summed E-state index contributed by atoms with van der Waals surface area (Å²) in [6.07, 6.45) is 4.91. The summed E-state index contributed by atoms with van der Waals surface area (Å²) < 4.78 is 25.8. The maximum atomic E-state index is 11.6. The highest BCUT2D eigenvalue weighted by molar-refractivity contribution is 7.89. The second-order valence-electron chi connectivity index (χ2n) is 5.16. The van der Waals surface area contributed by atoms with E-state index in [4.69, 9.17) is 0 Å². The lowest BCUT2D eigenvalue weighted by molar-refractivity contribution is 0.579. The van der Waals surface area contributed by atoms with Gasteiger partial charge in [0, 0.05) is 19.3 Å². The van der Waals surface area contributed by atoms with E-state index in [9.17, 15) is 8.42 Å². The molecule has 0 amide bonds. The van der Waals surface area contributed by atoms with Crippen molar-refractivity contribution in [2.45, 2.75) is 19.8 Å². The van der Waals surface area contributed by atoms with Crippen molar-refractivity contribution in [1.29, 1.82) is 0 Å². The second kappa shape index (κ2) is 9.14. The van der Waals surface area contributed by atoms with Gasteiger partial charge < -0.3 is 10.6 Å². The Hall–Kier alpha value is -2.26. The molecule has 130 valence electrons. The summed E-state index contributed by atoms with van der Waals surface area (Å²) in [5.41, 5.74) is 0.828. The third-order valence-corrected chi connectivity index (χ3v) is 4.59. The summed E-state index contributed by atoms with van der Waals surface area (Å²) in [6.45, 7) is 2.71. The lowest BCUT2D eigenvalue weighted by atomic mass is 10.4. The first kappa shape index (κ1) is 18.1. The van der Waals surface area contributed by atoms with Gasteiger partial charge in [0.25, 0.3) is 0 Å². The van der Waals surface area contributed by atoms with Crippen LogP contribution in [0.25, 0.3) is 0 Å². The number of unbranched alkanes of at least 4 members (excludes halogenated alkanes) is 1. The first-order valence-corrected chi connectivity index (χ1v) is 9.46. The summed E-state index contributed by atoms with van der Waals surface area (Å²) >= 11 is 0. The predicted octanol–water partition coefficient (Wildman–Crippen LogP) is 1.75. The summed E-state index contributed by atoms with van der Waals surface area (Å²) in [5.74, 6) is 1.35. The molecule has 0 radical (unpaired) electrons. The highest BCUT2D eigenvalue weighted by Crippen LogP contribution is 2.12. The van der Waals surface area contributed by atoms with E-state index in [0.717, 1.165) is 12.1 Å². The van der Waals surface area contributed by atoms with Crippen LogP contribution in [-0.2, 0) is 10.0 Å². The lowest BCUT2D eigenvalue weighted by Crippen LogP contribution is -2.31. The van der Waals surface area contributed by atoms with Gasteiger partial charge in [0.1, 0.15) is 5.82 Å². The third kappa shape index (κ3) is 6.47. The molecule has 0 bridgehead atoms.